The van der Waals surface area contributed by atoms with Crippen LogP contribution in [0, 0.1) is 0 Å². The highest BCUT2D eigenvalue weighted by Crippen LogP contribution is 2.36. The van der Waals surface area contributed by atoms with Gasteiger partial charge in [-0.2, -0.15) is 5.01 Å². The molecule has 0 spiro atoms. The Morgan fingerprint density at radius 2 is 2.19 bits per heavy atom. The van der Waals surface area contributed by atoms with Crippen molar-refractivity contribution in [1.29, 1.82) is 0 Å². The van der Waals surface area contributed by atoms with Crippen molar-refractivity contribution in [1.82, 2.24) is 20.5 Å². The lowest BCUT2D eigenvalue weighted by Crippen LogP contribution is -2.33. The predicted molar refractivity (Wildman–Crippen MR) is 119 cm³/mol. The minimum Gasteiger partial charge on any atom is -0.493 e. The minimum atomic E-state index is -0.356. The molecule has 2 aromatic rings. The molecule has 2 aliphatic heterocycles. The van der Waals surface area contributed by atoms with E-state index in [1.165, 1.54) is 5.17 Å². The molecule has 1 amide bonds. The topological polar surface area (TPSA) is 109 Å². The molecule has 0 fully saturated rings. The molecule has 0 aliphatic carbocycles. The van der Waals surface area contributed by atoms with E-state index in [1.54, 1.807) is 30.3 Å². The summed E-state index contributed by atoms with van der Waals surface area (Å²) in [6.07, 6.45) is 3.02. The van der Waals surface area contributed by atoms with E-state index in [9.17, 15) is 9.59 Å². The van der Waals surface area contributed by atoms with Crippen molar-refractivity contribution < 1.29 is 19.2 Å². The number of nitrogens with one attached hydrogen (secondary N) is 2. The Hall–Kier alpha value is -3.50. The van der Waals surface area contributed by atoms with Crippen LogP contribution in [0.25, 0.3) is 5.57 Å². The van der Waals surface area contributed by atoms with E-state index in [1.807, 2.05) is 13.0 Å². The first-order valence-electron chi connectivity index (χ1n) is 10.5. The SMILES string of the molecule is CCOc1cc2c(cc1C(=O)Nc1ccc(C3=C[C@H](C)NCC3)nn1)CN(C)N2OC=O. The van der Waals surface area contributed by atoms with Crippen LogP contribution in [-0.2, 0) is 16.2 Å². The van der Waals surface area contributed by atoms with Crippen molar-refractivity contribution in [2.45, 2.75) is 32.9 Å². The maximum Gasteiger partial charge on any atom is 0.322 e. The van der Waals surface area contributed by atoms with Gasteiger partial charge >= 0.3 is 6.47 Å². The Morgan fingerprint density at radius 1 is 1.34 bits per heavy atom. The standard InChI is InChI=1S/C22H26N6O4/c1-4-31-20-11-19-16(12-27(3)28(19)32-13-29)10-17(20)22(30)24-21-6-5-18(25-26-21)15-7-8-23-14(2)9-15/h5-6,9-11,13-14,23H,4,7-8,12H2,1-3H3,(H,24,26,30)/t14-/m0/s1. The first kappa shape index (κ1) is 21.7. The Labute approximate surface area is 186 Å². The summed E-state index contributed by atoms with van der Waals surface area (Å²) in [6.45, 7) is 6.04. The normalized spacial score (nSPS) is 18.0. The van der Waals surface area contributed by atoms with Gasteiger partial charge in [-0.1, -0.05) is 6.08 Å². The van der Waals surface area contributed by atoms with Gasteiger partial charge in [0.2, 0.25) is 0 Å². The smallest absolute Gasteiger partial charge is 0.322 e. The third-order valence-corrected chi connectivity index (χ3v) is 5.33. The van der Waals surface area contributed by atoms with Crippen molar-refractivity contribution in [2.24, 2.45) is 0 Å². The molecule has 168 valence electrons. The number of benzene rings is 1. The van der Waals surface area contributed by atoms with Crippen LogP contribution in [0.3, 0.4) is 0 Å². The van der Waals surface area contributed by atoms with Gasteiger partial charge in [-0.05, 0) is 56.1 Å². The van der Waals surface area contributed by atoms with Gasteiger partial charge in [-0.15, -0.1) is 15.4 Å². The molecule has 0 radical (unpaired) electrons. The largest absolute Gasteiger partial charge is 0.493 e. The maximum atomic E-state index is 13.0. The number of hydrogen-bond acceptors (Lipinski definition) is 9. The second kappa shape index (κ2) is 9.33. The van der Waals surface area contributed by atoms with Gasteiger partial charge < -0.3 is 20.2 Å². The van der Waals surface area contributed by atoms with Gasteiger partial charge in [-0.25, -0.2) is 0 Å². The van der Waals surface area contributed by atoms with E-state index < -0.39 is 0 Å². The highest BCUT2D eigenvalue weighted by molar-refractivity contribution is 6.06. The summed E-state index contributed by atoms with van der Waals surface area (Å²) < 4.78 is 5.69. The molecule has 2 N–H and O–H groups in total. The molecule has 3 heterocycles. The van der Waals surface area contributed by atoms with Gasteiger partial charge in [0.1, 0.15) is 11.4 Å². The fourth-order valence-electron chi connectivity index (χ4n) is 3.89. The van der Waals surface area contributed by atoms with E-state index in [0.717, 1.165) is 29.8 Å². The first-order chi connectivity index (χ1) is 15.5. The number of fused-ring (bicyclic) bond motifs is 1. The molecule has 0 saturated heterocycles. The summed E-state index contributed by atoms with van der Waals surface area (Å²) in [5, 5.41) is 17.7. The molecule has 32 heavy (non-hydrogen) atoms. The fourth-order valence-corrected chi connectivity index (χ4v) is 3.89. The lowest BCUT2D eigenvalue weighted by Gasteiger charge is -2.22. The van der Waals surface area contributed by atoms with E-state index in [4.69, 9.17) is 9.57 Å². The second-order valence-corrected chi connectivity index (χ2v) is 7.64. The maximum absolute atomic E-state index is 13.0. The average molecular weight is 438 g/mol. The van der Waals surface area contributed by atoms with Gasteiger partial charge in [0, 0.05) is 25.7 Å². The zero-order valence-electron chi connectivity index (χ0n) is 18.3. The monoisotopic (exact) mass is 438 g/mol. The number of ether oxygens (including phenoxy) is 1. The number of carbonyl (C=O) groups excluding carboxylic acids is 2. The van der Waals surface area contributed by atoms with E-state index in [0.29, 0.717) is 48.5 Å². The fraction of sp³-hybridized carbons (Fsp3) is 0.364. The number of hydrogen-bond donors (Lipinski definition) is 2. The van der Waals surface area contributed by atoms with Crippen molar-refractivity contribution in [2.75, 3.05) is 30.7 Å². The van der Waals surface area contributed by atoms with Crippen molar-refractivity contribution in [3.05, 3.63) is 47.2 Å². The average Bonchev–Trinajstić information content (AvgIpc) is 3.08. The minimum absolute atomic E-state index is 0.295. The highest BCUT2D eigenvalue weighted by Gasteiger charge is 2.29. The molecular weight excluding hydrogens is 412 g/mol. The number of anilines is 2. The number of aromatic nitrogens is 2. The predicted octanol–water partition coefficient (Wildman–Crippen LogP) is 2.15. The summed E-state index contributed by atoms with van der Waals surface area (Å²) in [5.41, 5.74) is 3.80. The number of nitrogens with zero attached hydrogens (tertiary/aromatic N) is 4. The van der Waals surface area contributed by atoms with E-state index >= 15 is 0 Å². The zero-order chi connectivity index (χ0) is 22.7. The van der Waals surface area contributed by atoms with Gasteiger partial charge in [0.05, 0.1) is 17.9 Å². The lowest BCUT2D eigenvalue weighted by atomic mass is 10.0. The van der Waals surface area contributed by atoms with Crippen molar-refractivity contribution >= 4 is 29.5 Å². The summed E-state index contributed by atoms with van der Waals surface area (Å²) in [4.78, 5) is 28.9. The van der Waals surface area contributed by atoms with Crippen molar-refractivity contribution in [3.63, 3.8) is 0 Å². The van der Waals surface area contributed by atoms with Crippen LogP contribution in [0.1, 0.15) is 41.9 Å². The van der Waals surface area contributed by atoms with Crippen LogP contribution in [0.4, 0.5) is 11.5 Å². The number of hydrazine groups is 1. The van der Waals surface area contributed by atoms with Gasteiger partial charge in [-0.3, -0.25) is 9.59 Å². The zero-order valence-corrected chi connectivity index (χ0v) is 18.3. The van der Waals surface area contributed by atoms with Crippen LogP contribution in [0.2, 0.25) is 0 Å². The Balaban J connectivity index is 1.55. The molecule has 4 rings (SSSR count). The first-order valence-corrected chi connectivity index (χ1v) is 10.5. The molecule has 2 aliphatic rings. The van der Waals surface area contributed by atoms with Gasteiger partial charge in [0.15, 0.2) is 5.82 Å². The Morgan fingerprint density at radius 3 is 2.88 bits per heavy atom. The van der Waals surface area contributed by atoms with Crippen LogP contribution in [0.15, 0.2) is 30.3 Å². The van der Waals surface area contributed by atoms with Crippen molar-refractivity contribution in [3.8, 4) is 5.75 Å². The molecule has 0 bridgehead atoms. The summed E-state index contributed by atoms with van der Waals surface area (Å²) in [6, 6.07) is 7.34. The number of amides is 1. The number of carbonyl (C=O) groups is 2. The molecule has 0 unspecified atom stereocenters. The van der Waals surface area contributed by atoms with Crippen LogP contribution in [0.5, 0.6) is 5.75 Å². The highest BCUT2D eigenvalue weighted by atomic mass is 16.7. The third kappa shape index (κ3) is 4.41. The van der Waals surface area contributed by atoms with E-state index in [-0.39, 0.29) is 5.91 Å². The molecule has 10 heteroatoms. The van der Waals surface area contributed by atoms with Crippen LogP contribution < -0.4 is 20.5 Å². The molecule has 1 aromatic heterocycles. The Kier molecular flexibility index (Phi) is 6.33. The summed E-state index contributed by atoms with van der Waals surface area (Å²) in [7, 11) is 1.78. The van der Waals surface area contributed by atoms with Crippen LogP contribution in [-0.4, -0.2) is 53.8 Å². The summed E-state index contributed by atoms with van der Waals surface area (Å²) in [5.74, 6) is 0.384. The number of rotatable bonds is 7. The summed E-state index contributed by atoms with van der Waals surface area (Å²) >= 11 is 0. The molecular formula is C22H26N6O4. The third-order valence-electron chi connectivity index (χ3n) is 5.33. The molecule has 1 aromatic carbocycles. The molecule has 0 saturated carbocycles. The Bertz CT molecular complexity index is 1040. The quantitative estimate of drug-likeness (QED) is 0.629. The molecule has 1 atom stereocenters. The molecule has 10 nitrogen and oxygen atoms in total. The van der Waals surface area contributed by atoms with E-state index in [2.05, 4.69) is 33.8 Å². The second-order valence-electron chi connectivity index (χ2n) is 7.64. The van der Waals surface area contributed by atoms with Gasteiger partial charge in [0.25, 0.3) is 5.91 Å². The van der Waals surface area contributed by atoms with Crippen LogP contribution >= 0.6 is 0 Å². The lowest BCUT2D eigenvalue weighted by molar-refractivity contribution is -0.135.